The van der Waals surface area contributed by atoms with E-state index in [0.29, 0.717) is 18.0 Å². The minimum atomic E-state index is 0.393. The summed E-state index contributed by atoms with van der Waals surface area (Å²) in [6.45, 7) is 6.37. The maximum Gasteiger partial charge on any atom is 0.0991 e. The van der Waals surface area contributed by atoms with Gasteiger partial charge in [0.2, 0.25) is 0 Å². The van der Waals surface area contributed by atoms with E-state index in [1.54, 1.807) is 0 Å². The van der Waals surface area contributed by atoms with Crippen molar-refractivity contribution in [1.82, 2.24) is 4.90 Å². The van der Waals surface area contributed by atoms with Crippen LogP contribution in [0.1, 0.15) is 37.4 Å². The molecule has 3 nitrogen and oxygen atoms in total. The summed E-state index contributed by atoms with van der Waals surface area (Å²) in [6, 6.07) is 11.1. The van der Waals surface area contributed by atoms with Crippen LogP contribution in [0.4, 0.5) is 0 Å². The Balaban J connectivity index is 2.11. The van der Waals surface area contributed by atoms with E-state index >= 15 is 0 Å². The molecule has 1 saturated heterocycles. The average Bonchev–Trinajstić information content (AvgIpc) is 2.79. The van der Waals surface area contributed by atoms with Gasteiger partial charge in [-0.15, -0.1) is 0 Å². The molecular weight excluding hydrogens is 222 g/mol. The first-order valence-electron chi connectivity index (χ1n) is 6.61. The molecule has 0 aromatic heterocycles. The van der Waals surface area contributed by atoms with Gasteiger partial charge in [-0.05, 0) is 50.4 Å². The zero-order valence-corrected chi connectivity index (χ0v) is 11.1. The van der Waals surface area contributed by atoms with Crippen molar-refractivity contribution in [2.75, 3.05) is 13.1 Å². The number of likely N-dealkylation sites (tertiary alicyclic amines) is 1. The van der Waals surface area contributed by atoms with Crippen LogP contribution in [0, 0.1) is 17.2 Å². The SMILES string of the molecule is CC1CC(CN)CN1C(C)c1ccc(C#N)cc1. The van der Waals surface area contributed by atoms with Crippen molar-refractivity contribution < 1.29 is 0 Å². The molecule has 0 spiro atoms. The quantitative estimate of drug-likeness (QED) is 0.886. The summed E-state index contributed by atoms with van der Waals surface area (Å²) >= 11 is 0. The van der Waals surface area contributed by atoms with Gasteiger partial charge in [0.25, 0.3) is 0 Å². The van der Waals surface area contributed by atoms with Crippen molar-refractivity contribution in [3.8, 4) is 6.07 Å². The minimum absolute atomic E-state index is 0.393. The summed E-state index contributed by atoms with van der Waals surface area (Å²) in [6.07, 6.45) is 1.19. The van der Waals surface area contributed by atoms with Gasteiger partial charge in [-0.1, -0.05) is 12.1 Å². The van der Waals surface area contributed by atoms with Crippen LogP contribution in [0.5, 0.6) is 0 Å². The highest BCUT2D eigenvalue weighted by Gasteiger charge is 2.31. The van der Waals surface area contributed by atoms with Crippen LogP contribution in [0.25, 0.3) is 0 Å². The molecule has 1 heterocycles. The van der Waals surface area contributed by atoms with Crippen LogP contribution >= 0.6 is 0 Å². The first kappa shape index (κ1) is 13.1. The zero-order valence-electron chi connectivity index (χ0n) is 11.1. The molecule has 96 valence electrons. The van der Waals surface area contributed by atoms with E-state index in [9.17, 15) is 0 Å². The molecule has 0 radical (unpaired) electrons. The number of hydrogen-bond donors (Lipinski definition) is 1. The first-order valence-corrected chi connectivity index (χ1v) is 6.61. The van der Waals surface area contributed by atoms with Gasteiger partial charge in [0.15, 0.2) is 0 Å². The number of benzene rings is 1. The Morgan fingerprint density at radius 2 is 2.11 bits per heavy atom. The van der Waals surface area contributed by atoms with Gasteiger partial charge >= 0.3 is 0 Å². The Labute approximate surface area is 109 Å². The Morgan fingerprint density at radius 1 is 1.44 bits per heavy atom. The Hall–Kier alpha value is -1.37. The predicted molar refractivity (Wildman–Crippen MR) is 72.9 cm³/mol. The van der Waals surface area contributed by atoms with Gasteiger partial charge in [-0.25, -0.2) is 0 Å². The van der Waals surface area contributed by atoms with E-state index in [1.165, 1.54) is 12.0 Å². The fraction of sp³-hybridized carbons (Fsp3) is 0.533. The molecule has 2 N–H and O–H groups in total. The maximum atomic E-state index is 8.81. The number of nitrogens with zero attached hydrogens (tertiary/aromatic N) is 2. The molecule has 1 aliphatic rings. The lowest BCUT2D eigenvalue weighted by Crippen LogP contribution is -2.30. The molecule has 18 heavy (non-hydrogen) atoms. The van der Waals surface area contributed by atoms with Crippen molar-refractivity contribution in [1.29, 1.82) is 5.26 Å². The lowest BCUT2D eigenvalue weighted by atomic mass is 10.0. The second-order valence-corrected chi connectivity index (χ2v) is 5.29. The van der Waals surface area contributed by atoms with Crippen molar-refractivity contribution in [2.24, 2.45) is 11.7 Å². The van der Waals surface area contributed by atoms with Crippen molar-refractivity contribution in [3.05, 3.63) is 35.4 Å². The summed E-state index contributed by atoms with van der Waals surface area (Å²) < 4.78 is 0. The molecule has 3 atom stereocenters. The third kappa shape index (κ3) is 2.55. The minimum Gasteiger partial charge on any atom is -0.330 e. The molecule has 0 aliphatic carbocycles. The highest BCUT2D eigenvalue weighted by atomic mass is 15.2. The van der Waals surface area contributed by atoms with Crippen LogP contribution in [-0.2, 0) is 0 Å². The van der Waals surface area contributed by atoms with Crippen LogP contribution < -0.4 is 5.73 Å². The molecule has 0 amide bonds. The molecule has 1 aromatic carbocycles. The first-order chi connectivity index (χ1) is 8.65. The Morgan fingerprint density at radius 3 is 2.61 bits per heavy atom. The summed E-state index contributed by atoms with van der Waals surface area (Å²) in [7, 11) is 0. The van der Waals surface area contributed by atoms with E-state index in [0.717, 1.165) is 18.7 Å². The largest absolute Gasteiger partial charge is 0.330 e. The molecular formula is C15H21N3. The number of nitriles is 1. The molecule has 3 heteroatoms. The molecule has 1 aromatic rings. The lowest BCUT2D eigenvalue weighted by Gasteiger charge is -2.29. The predicted octanol–water partition coefficient (Wildman–Crippen LogP) is 2.29. The summed E-state index contributed by atoms with van der Waals surface area (Å²) in [4.78, 5) is 2.51. The Bertz CT molecular complexity index is 432. The monoisotopic (exact) mass is 243 g/mol. The lowest BCUT2D eigenvalue weighted by molar-refractivity contribution is 0.200. The van der Waals surface area contributed by atoms with Gasteiger partial charge in [0, 0.05) is 18.6 Å². The second kappa shape index (κ2) is 5.51. The van der Waals surface area contributed by atoms with Crippen molar-refractivity contribution in [3.63, 3.8) is 0 Å². The van der Waals surface area contributed by atoms with E-state index in [4.69, 9.17) is 11.0 Å². The van der Waals surface area contributed by atoms with Crippen LogP contribution in [0.15, 0.2) is 24.3 Å². The van der Waals surface area contributed by atoms with E-state index in [-0.39, 0.29) is 0 Å². The van der Waals surface area contributed by atoms with Gasteiger partial charge in [0.1, 0.15) is 0 Å². The molecule has 0 bridgehead atoms. The van der Waals surface area contributed by atoms with Gasteiger partial charge < -0.3 is 5.73 Å². The highest BCUT2D eigenvalue weighted by Crippen LogP contribution is 2.31. The summed E-state index contributed by atoms with van der Waals surface area (Å²) in [5.41, 5.74) is 7.77. The molecule has 2 rings (SSSR count). The Kier molecular flexibility index (Phi) is 4.00. The average molecular weight is 243 g/mol. The summed E-state index contributed by atoms with van der Waals surface area (Å²) in [5.74, 6) is 0.626. The standard InChI is InChI=1S/C15H21N3/c1-11-7-14(9-17)10-18(11)12(2)15-5-3-13(8-16)4-6-15/h3-6,11-12,14H,7,9-10,17H2,1-2H3. The fourth-order valence-corrected chi connectivity index (χ4v) is 2.91. The molecule has 1 aliphatic heterocycles. The van der Waals surface area contributed by atoms with Gasteiger partial charge in [-0.2, -0.15) is 5.26 Å². The number of hydrogen-bond acceptors (Lipinski definition) is 3. The third-order valence-electron chi connectivity index (χ3n) is 4.06. The topological polar surface area (TPSA) is 53.0 Å². The normalized spacial score (nSPS) is 25.9. The smallest absolute Gasteiger partial charge is 0.0991 e. The highest BCUT2D eigenvalue weighted by molar-refractivity contribution is 5.32. The van der Waals surface area contributed by atoms with Gasteiger partial charge in [0.05, 0.1) is 11.6 Å². The number of rotatable bonds is 3. The van der Waals surface area contributed by atoms with E-state index < -0.39 is 0 Å². The van der Waals surface area contributed by atoms with E-state index in [2.05, 4.69) is 36.9 Å². The molecule has 0 saturated carbocycles. The summed E-state index contributed by atoms with van der Waals surface area (Å²) in [5, 5.41) is 8.81. The number of nitrogens with two attached hydrogens (primary N) is 1. The van der Waals surface area contributed by atoms with E-state index in [1.807, 2.05) is 12.1 Å². The van der Waals surface area contributed by atoms with Gasteiger partial charge in [-0.3, -0.25) is 4.90 Å². The van der Waals surface area contributed by atoms with Crippen LogP contribution in [0.3, 0.4) is 0 Å². The molecule has 3 unspecified atom stereocenters. The second-order valence-electron chi connectivity index (χ2n) is 5.29. The van der Waals surface area contributed by atoms with Crippen LogP contribution in [-0.4, -0.2) is 24.0 Å². The fourth-order valence-electron chi connectivity index (χ4n) is 2.91. The van der Waals surface area contributed by atoms with Crippen molar-refractivity contribution >= 4 is 0 Å². The third-order valence-corrected chi connectivity index (χ3v) is 4.06. The maximum absolute atomic E-state index is 8.81. The zero-order chi connectivity index (χ0) is 13.1. The molecule has 1 fully saturated rings. The van der Waals surface area contributed by atoms with Crippen molar-refractivity contribution in [2.45, 2.75) is 32.4 Å². The van der Waals surface area contributed by atoms with Crippen LogP contribution in [0.2, 0.25) is 0 Å².